The first-order valence-corrected chi connectivity index (χ1v) is 21.7. The number of thiocarbonyl (C=S) groups is 2. The van der Waals surface area contributed by atoms with E-state index in [1.54, 1.807) is 14.1 Å². The van der Waals surface area contributed by atoms with E-state index in [4.69, 9.17) is 48.6 Å². The van der Waals surface area contributed by atoms with Gasteiger partial charge >= 0.3 is 24.1 Å². The van der Waals surface area contributed by atoms with Crippen LogP contribution in [0.1, 0.15) is 11.1 Å². The van der Waals surface area contributed by atoms with Crippen LogP contribution in [0.2, 0.25) is 0 Å². The van der Waals surface area contributed by atoms with E-state index < -0.39 is 17.9 Å². The molecule has 2 fully saturated rings. The zero-order valence-corrected chi connectivity index (χ0v) is 39.1. The highest BCUT2D eigenvalue weighted by Crippen LogP contribution is 2.18. The first kappa shape index (κ1) is 56.4. The Morgan fingerprint density at radius 1 is 0.621 bits per heavy atom. The van der Waals surface area contributed by atoms with Crippen LogP contribution >= 0.6 is 24.4 Å². The van der Waals surface area contributed by atoms with Gasteiger partial charge in [0, 0.05) is 103 Å². The fourth-order valence-corrected chi connectivity index (χ4v) is 7.37. The number of aliphatic carboxylic acids is 3. The highest BCUT2D eigenvalue weighted by Gasteiger charge is 2.27. The number of likely N-dealkylation sites (N-methyl/N-ethyl adjacent to an activating group) is 1. The van der Waals surface area contributed by atoms with Crippen molar-refractivity contribution < 1.29 is 58.4 Å². The van der Waals surface area contributed by atoms with E-state index in [9.17, 15) is 34.2 Å². The molecule has 7 N–H and O–H groups in total. The quantitative estimate of drug-likeness (QED) is 0.0729. The van der Waals surface area contributed by atoms with E-state index in [2.05, 4.69) is 26.2 Å². The van der Waals surface area contributed by atoms with Gasteiger partial charge in [-0.2, -0.15) is 9.59 Å². The van der Waals surface area contributed by atoms with Gasteiger partial charge in [0.15, 0.2) is 10.2 Å². The third kappa shape index (κ3) is 23.5. The average molecular weight is 963 g/mol. The minimum Gasteiger partial charge on any atom is -0.480 e. The van der Waals surface area contributed by atoms with Crippen molar-refractivity contribution in [2.24, 2.45) is 0 Å². The van der Waals surface area contributed by atoms with Gasteiger partial charge in [0.1, 0.15) is 13.5 Å². The third-order valence-corrected chi connectivity index (χ3v) is 11.2. The van der Waals surface area contributed by atoms with Crippen LogP contribution < -0.4 is 21.3 Å². The monoisotopic (exact) mass is 962 g/mol. The predicted octanol–water partition coefficient (Wildman–Crippen LogP) is -0.572. The molecule has 364 valence electrons. The predicted molar refractivity (Wildman–Crippen MR) is 251 cm³/mol. The number of rotatable bonds is 18. The van der Waals surface area contributed by atoms with Crippen LogP contribution in [-0.2, 0) is 55.9 Å². The normalized spacial score (nSPS) is 18.0. The highest BCUT2D eigenvalue weighted by molar-refractivity contribution is 7.80. The van der Waals surface area contributed by atoms with Gasteiger partial charge in [0.25, 0.3) is 12.9 Å². The number of carboxylic acid groups (broad SMARTS) is 3. The van der Waals surface area contributed by atoms with Crippen molar-refractivity contribution in [1.82, 2.24) is 40.0 Å². The standard InChI is InChI=1S/C21H31N5O6S.C20H31N5O4S.CO2/c1-22-21(33)23-18-4-2-17(3-5-18)10-19-11-25(12-20(29)30)7-6-24(13-31-15-27)8-9-26(19)14-32-16-28;1-21-20(30)22-16-5-3-15(4-6-16)11-17-12-25(14-19(28)29)10-9-24(13-18(26)27)8-7-23(17)2;2-1-3/h2-5,15-16,19H,6-14H2,1H3,(H,29,30)(H2,22,23,33);3-6,17H,7-14H2,1-2H3,(H,26,27)(H,28,29)(H2,21,22,30);. The van der Waals surface area contributed by atoms with Crippen molar-refractivity contribution in [3.8, 4) is 0 Å². The SMILES string of the molecule is CNC(=S)Nc1ccc(CC2CN(CC(=O)O)CCN(CC(=O)O)CCN2C)cc1.CNC(=S)Nc1ccc(CC2CN(CC(=O)O)CCN(COC=O)CCN2COC=O)cc1.O=C=O. The van der Waals surface area contributed by atoms with Gasteiger partial charge in [-0.1, -0.05) is 24.3 Å². The van der Waals surface area contributed by atoms with Crippen molar-refractivity contribution >= 4 is 83.0 Å². The number of hydrogen-bond acceptors (Lipinski definition) is 17. The molecule has 0 aliphatic carbocycles. The van der Waals surface area contributed by atoms with Gasteiger partial charge < -0.3 is 51.0 Å². The van der Waals surface area contributed by atoms with Crippen molar-refractivity contribution in [3.05, 3.63) is 59.7 Å². The van der Waals surface area contributed by atoms with Crippen LogP contribution in [0.5, 0.6) is 0 Å². The summed E-state index contributed by atoms with van der Waals surface area (Å²) >= 11 is 10.2. The highest BCUT2D eigenvalue weighted by atomic mass is 32.1. The summed E-state index contributed by atoms with van der Waals surface area (Å²) in [5, 5.41) is 40.8. The number of nitrogens with one attached hydrogen (secondary N) is 4. The molecule has 0 saturated carbocycles. The molecule has 4 rings (SSSR count). The Balaban J connectivity index is 0.000000430. The van der Waals surface area contributed by atoms with Crippen LogP contribution in [0.25, 0.3) is 0 Å². The third-order valence-electron chi connectivity index (χ3n) is 10.5. The lowest BCUT2D eigenvalue weighted by molar-refractivity contribution is -0.192. The summed E-state index contributed by atoms with van der Waals surface area (Å²) < 4.78 is 9.96. The molecule has 66 heavy (non-hydrogen) atoms. The van der Waals surface area contributed by atoms with E-state index in [1.807, 2.05) is 80.1 Å². The smallest absolute Gasteiger partial charge is 0.373 e. The molecule has 0 aromatic heterocycles. The largest absolute Gasteiger partial charge is 0.480 e. The van der Waals surface area contributed by atoms with E-state index in [0.717, 1.165) is 35.5 Å². The number of nitrogens with zero attached hydrogens (tertiary/aromatic N) is 6. The topological polar surface area (TPSA) is 266 Å². The number of ether oxygens (including phenoxy) is 2. The number of anilines is 2. The molecule has 2 aromatic carbocycles. The van der Waals surface area contributed by atoms with Gasteiger partial charge in [-0.3, -0.25) is 48.5 Å². The van der Waals surface area contributed by atoms with Crippen molar-refractivity contribution in [2.75, 3.05) is 130 Å². The lowest BCUT2D eigenvalue weighted by atomic mass is 10.0. The maximum atomic E-state index is 11.4. The Morgan fingerprint density at radius 2 is 1.00 bits per heavy atom. The molecule has 2 atom stereocenters. The summed E-state index contributed by atoms with van der Waals surface area (Å²) in [4.78, 5) is 83.4. The zero-order chi connectivity index (χ0) is 48.9. The molecule has 2 unspecified atom stereocenters. The minimum atomic E-state index is -0.921. The summed E-state index contributed by atoms with van der Waals surface area (Å²) in [6.07, 6.45) is 1.64. The summed E-state index contributed by atoms with van der Waals surface area (Å²) in [5.41, 5.74) is 3.95. The van der Waals surface area contributed by atoms with Gasteiger partial charge in [-0.15, -0.1) is 0 Å². The summed E-state index contributed by atoms with van der Waals surface area (Å²) in [6.45, 7) is 6.40. The minimum absolute atomic E-state index is 0.0393. The lowest BCUT2D eigenvalue weighted by Gasteiger charge is -2.33. The van der Waals surface area contributed by atoms with Crippen LogP contribution in [-0.4, -0.2) is 224 Å². The maximum Gasteiger partial charge on any atom is 0.373 e. The van der Waals surface area contributed by atoms with Crippen LogP contribution in [0.15, 0.2) is 48.5 Å². The van der Waals surface area contributed by atoms with Gasteiger partial charge in [0.2, 0.25) is 0 Å². The first-order valence-electron chi connectivity index (χ1n) is 20.9. The molecule has 2 aromatic rings. The van der Waals surface area contributed by atoms with Crippen LogP contribution in [0.3, 0.4) is 0 Å². The van der Waals surface area contributed by atoms with Crippen molar-refractivity contribution in [3.63, 3.8) is 0 Å². The van der Waals surface area contributed by atoms with E-state index in [-0.39, 0.29) is 51.3 Å². The van der Waals surface area contributed by atoms with E-state index in [1.165, 1.54) is 0 Å². The van der Waals surface area contributed by atoms with Crippen LogP contribution in [0.4, 0.5) is 11.4 Å². The molecule has 22 nitrogen and oxygen atoms in total. The van der Waals surface area contributed by atoms with Crippen molar-refractivity contribution in [1.29, 1.82) is 0 Å². The molecule has 0 amide bonds. The fourth-order valence-electron chi connectivity index (χ4n) is 7.13. The molecule has 2 saturated heterocycles. The Hall–Kier alpha value is -5.69. The summed E-state index contributed by atoms with van der Waals surface area (Å²) in [5.74, 6) is -2.67. The van der Waals surface area contributed by atoms with E-state index in [0.29, 0.717) is 88.5 Å². The summed E-state index contributed by atoms with van der Waals surface area (Å²) in [6, 6.07) is 15.9. The summed E-state index contributed by atoms with van der Waals surface area (Å²) in [7, 11) is 5.51. The molecular formula is C42H62N10O12S2. The maximum absolute atomic E-state index is 11.4. The molecular weight excluding hydrogens is 901 g/mol. The second-order valence-corrected chi connectivity index (χ2v) is 16.0. The Bertz CT molecular complexity index is 1860. The zero-order valence-electron chi connectivity index (χ0n) is 37.5. The number of carbonyl (C=O) groups is 5. The second-order valence-electron chi connectivity index (χ2n) is 15.2. The Labute approximate surface area is 395 Å². The van der Waals surface area contributed by atoms with Gasteiger partial charge in [-0.05, 0) is 79.7 Å². The molecule has 0 bridgehead atoms. The average Bonchev–Trinajstić information content (AvgIpc) is 3.39. The Morgan fingerprint density at radius 3 is 1.45 bits per heavy atom. The number of carbonyl (C=O) groups excluding carboxylic acids is 4. The molecule has 0 radical (unpaired) electrons. The van der Waals surface area contributed by atoms with Gasteiger partial charge in [-0.25, -0.2) is 0 Å². The number of carboxylic acids is 3. The van der Waals surface area contributed by atoms with E-state index >= 15 is 0 Å². The van der Waals surface area contributed by atoms with Gasteiger partial charge in [0.05, 0.1) is 19.6 Å². The molecule has 0 spiro atoms. The molecule has 2 aliphatic heterocycles. The lowest BCUT2D eigenvalue weighted by Crippen LogP contribution is -2.48. The van der Waals surface area contributed by atoms with Crippen molar-refractivity contribution in [2.45, 2.75) is 24.9 Å². The molecule has 24 heteroatoms. The molecule has 2 heterocycles. The first-order chi connectivity index (χ1) is 31.6. The second kappa shape index (κ2) is 32.1. The molecule has 2 aliphatic rings. The Kier molecular flexibility index (Phi) is 27.4. The number of benzene rings is 2. The van der Waals surface area contributed by atoms with Crippen LogP contribution in [0, 0.1) is 0 Å². The number of hydrogen-bond donors (Lipinski definition) is 7. The fraction of sp³-hybridized carbons (Fsp3) is 0.524.